The topological polar surface area (TPSA) is 78.4 Å². The van der Waals surface area contributed by atoms with Crippen molar-refractivity contribution >= 4 is 23.8 Å². The Bertz CT molecular complexity index is 475. The van der Waals surface area contributed by atoms with Crippen LogP contribution in [-0.4, -0.2) is 41.2 Å². The highest BCUT2D eigenvalue weighted by atomic mass is 32.2. The fourth-order valence-electron chi connectivity index (χ4n) is 2.24. The predicted molar refractivity (Wildman–Crippen MR) is 83.5 cm³/mol. The molecule has 1 heterocycles. The molecule has 2 amide bonds. The monoisotopic (exact) mass is 308 g/mol. The number of hydrogen-bond donors (Lipinski definition) is 3. The second kappa shape index (κ2) is 7.93. The molecule has 0 spiro atoms. The lowest BCUT2D eigenvalue weighted by Gasteiger charge is -2.16. The Labute approximate surface area is 128 Å². The summed E-state index contributed by atoms with van der Waals surface area (Å²) < 4.78 is 0. The van der Waals surface area contributed by atoms with E-state index in [-0.39, 0.29) is 6.42 Å². The first-order valence-electron chi connectivity index (χ1n) is 7.04. The molecular weight excluding hydrogens is 288 g/mol. The van der Waals surface area contributed by atoms with Crippen LogP contribution in [0.15, 0.2) is 30.3 Å². The molecule has 114 valence electrons. The molecule has 0 saturated carbocycles. The first kappa shape index (κ1) is 15.7. The maximum Gasteiger partial charge on any atom is 0.326 e. The minimum atomic E-state index is -1.02. The summed E-state index contributed by atoms with van der Waals surface area (Å²) in [6.07, 6.45) is 1.39. The molecule has 2 rings (SSSR count). The zero-order valence-corrected chi connectivity index (χ0v) is 12.6. The van der Waals surface area contributed by atoms with E-state index < -0.39 is 18.0 Å². The van der Waals surface area contributed by atoms with Crippen molar-refractivity contribution in [1.29, 1.82) is 0 Å². The lowest BCUT2D eigenvalue weighted by Crippen LogP contribution is -2.48. The molecule has 0 radical (unpaired) electrons. The number of aliphatic carboxylic acids is 1. The summed E-state index contributed by atoms with van der Waals surface area (Å²) in [5.74, 6) is 1.68. The Morgan fingerprint density at radius 2 is 2.10 bits per heavy atom. The quantitative estimate of drug-likeness (QED) is 0.748. The summed E-state index contributed by atoms with van der Waals surface area (Å²) in [7, 11) is 0. The van der Waals surface area contributed by atoms with Crippen molar-refractivity contribution in [2.45, 2.75) is 18.9 Å². The van der Waals surface area contributed by atoms with E-state index in [4.69, 9.17) is 0 Å². The number of rotatable bonds is 6. The van der Waals surface area contributed by atoms with Gasteiger partial charge >= 0.3 is 12.0 Å². The number of carboxylic acid groups (broad SMARTS) is 1. The van der Waals surface area contributed by atoms with Crippen molar-refractivity contribution in [3.05, 3.63) is 35.9 Å². The van der Waals surface area contributed by atoms with Crippen LogP contribution in [0, 0.1) is 5.92 Å². The molecule has 1 aromatic rings. The smallest absolute Gasteiger partial charge is 0.326 e. The molecule has 2 unspecified atom stereocenters. The van der Waals surface area contributed by atoms with Crippen molar-refractivity contribution in [1.82, 2.24) is 10.6 Å². The number of carbonyl (C=O) groups is 2. The summed E-state index contributed by atoms with van der Waals surface area (Å²) in [5, 5.41) is 14.5. The fraction of sp³-hybridized carbons (Fsp3) is 0.467. The zero-order valence-electron chi connectivity index (χ0n) is 11.7. The molecule has 1 aromatic carbocycles. The molecule has 1 aliphatic rings. The number of hydrogen-bond acceptors (Lipinski definition) is 3. The van der Waals surface area contributed by atoms with Gasteiger partial charge in [0.2, 0.25) is 0 Å². The Morgan fingerprint density at radius 3 is 2.71 bits per heavy atom. The third-order valence-corrected chi connectivity index (χ3v) is 4.69. The Kier molecular flexibility index (Phi) is 5.92. The molecule has 0 aliphatic carbocycles. The number of thioether (sulfide) groups is 1. The second-order valence-corrected chi connectivity index (χ2v) is 6.31. The van der Waals surface area contributed by atoms with Gasteiger partial charge in [-0.1, -0.05) is 30.3 Å². The number of carboxylic acids is 1. The SMILES string of the molecule is O=C(NCC1CCSC1)NC(Cc1ccccc1)C(=O)O. The first-order chi connectivity index (χ1) is 10.1. The molecule has 21 heavy (non-hydrogen) atoms. The normalized spacial score (nSPS) is 19.0. The third-order valence-electron chi connectivity index (χ3n) is 3.46. The average Bonchev–Trinajstić information content (AvgIpc) is 2.99. The van der Waals surface area contributed by atoms with Crippen molar-refractivity contribution in [3.8, 4) is 0 Å². The molecule has 5 nitrogen and oxygen atoms in total. The van der Waals surface area contributed by atoms with Crippen LogP contribution in [0.3, 0.4) is 0 Å². The van der Waals surface area contributed by atoms with E-state index in [1.54, 1.807) is 0 Å². The minimum Gasteiger partial charge on any atom is -0.480 e. The van der Waals surface area contributed by atoms with E-state index in [1.807, 2.05) is 42.1 Å². The van der Waals surface area contributed by atoms with Crippen molar-refractivity contribution in [2.75, 3.05) is 18.1 Å². The first-order valence-corrected chi connectivity index (χ1v) is 8.19. The molecule has 0 bridgehead atoms. The van der Waals surface area contributed by atoms with E-state index in [9.17, 15) is 14.7 Å². The van der Waals surface area contributed by atoms with Crippen molar-refractivity contribution < 1.29 is 14.7 Å². The molecule has 0 aromatic heterocycles. The lowest BCUT2D eigenvalue weighted by atomic mass is 10.1. The summed E-state index contributed by atoms with van der Waals surface area (Å²) >= 11 is 1.89. The Morgan fingerprint density at radius 1 is 1.33 bits per heavy atom. The number of urea groups is 1. The van der Waals surface area contributed by atoms with E-state index >= 15 is 0 Å². The van der Waals surface area contributed by atoms with Crippen molar-refractivity contribution in [3.63, 3.8) is 0 Å². The average molecular weight is 308 g/mol. The predicted octanol–water partition coefficient (Wildman–Crippen LogP) is 1.73. The molecule has 3 N–H and O–H groups in total. The molecule has 1 saturated heterocycles. The lowest BCUT2D eigenvalue weighted by molar-refractivity contribution is -0.139. The summed E-state index contributed by atoms with van der Waals surface area (Å²) in [4.78, 5) is 23.1. The minimum absolute atomic E-state index is 0.281. The molecule has 1 fully saturated rings. The van der Waals surface area contributed by atoms with Gasteiger partial charge in [-0.2, -0.15) is 11.8 Å². The van der Waals surface area contributed by atoms with Gasteiger partial charge in [0.25, 0.3) is 0 Å². The highest BCUT2D eigenvalue weighted by molar-refractivity contribution is 7.99. The number of nitrogens with one attached hydrogen (secondary N) is 2. The van der Waals surface area contributed by atoms with Gasteiger partial charge in [-0.25, -0.2) is 9.59 Å². The van der Waals surface area contributed by atoms with Gasteiger partial charge in [-0.05, 0) is 29.4 Å². The highest BCUT2D eigenvalue weighted by Crippen LogP contribution is 2.22. The van der Waals surface area contributed by atoms with Gasteiger partial charge in [0.15, 0.2) is 0 Å². The van der Waals surface area contributed by atoms with Crippen LogP contribution in [0.5, 0.6) is 0 Å². The van der Waals surface area contributed by atoms with Crippen LogP contribution in [-0.2, 0) is 11.2 Å². The second-order valence-electron chi connectivity index (χ2n) is 5.16. The van der Waals surface area contributed by atoms with E-state index in [0.29, 0.717) is 12.5 Å². The summed E-state index contributed by atoms with van der Waals surface area (Å²) in [6, 6.07) is 7.97. The maximum atomic E-state index is 11.8. The van der Waals surface area contributed by atoms with Gasteiger partial charge in [0, 0.05) is 13.0 Å². The van der Waals surface area contributed by atoms with Crippen LogP contribution in [0.2, 0.25) is 0 Å². The van der Waals surface area contributed by atoms with Gasteiger partial charge in [0.05, 0.1) is 0 Å². The summed E-state index contributed by atoms with van der Waals surface area (Å²) in [5.41, 5.74) is 0.886. The maximum absolute atomic E-state index is 11.8. The number of carbonyl (C=O) groups excluding carboxylic acids is 1. The van der Waals surface area contributed by atoms with E-state index in [0.717, 1.165) is 23.5 Å². The largest absolute Gasteiger partial charge is 0.480 e. The molecular formula is C15H20N2O3S. The Balaban J connectivity index is 1.81. The zero-order chi connectivity index (χ0) is 15.1. The van der Waals surface area contributed by atoms with Crippen LogP contribution in [0.1, 0.15) is 12.0 Å². The van der Waals surface area contributed by atoms with E-state index in [2.05, 4.69) is 10.6 Å². The number of amides is 2. The van der Waals surface area contributed by atoms with Gasteiger partial charge in [-0.3, -0.25) is 0 Å². The van der Waals surface area contributed by atoms with Gasteiger partial charge in [0.1, 0.15) is 6.04 Å². The van der Waals surface area contributed by atoms with Crippen LogP contribution in [0.4, 0.5) is 4.79 Å². The Hall–Kier alpha value is -1.69. The third kappa shape index (κ3) is 5.30. The standard InChI is InChI=1S/C15H20N2O3S/c18-14(19)13(8-11-4-2-1-3-5-11)17-15(20)16-9-12-6-7-21-10-12/h1-5,12-13H,6-10H2,(H,18,19)(H2,16,17,20). The molecule has 1 aliphatic heterocycles. The van der Waals surface area contributed by atoms with E-state index in [1.165, 1.54) is 0 Å². The fourth-order valence-corrected chi connectivity index (χ4v) is 3.53. The van der Waals surface area contributed by atoms with Crippen LogP contribution in [0.25, 0.3) is 0 Å². The van der Waals surface area contributed by atoms with Gasteiger partial charge in [-0.15, -0.1) is 0 Å². The molecule has 2 atom stereocenters. The van der Waals surface area contributed by atoms with Crippen molar-refractivity contribution in [2.24, 2.45) is 5.92 Å². The highest BCUT2D eigenvalue weighted by Gasteiger charge is 2.21. The number of benzene rings is 1. The molecule has 6 heteroatoms. The van der Waals surface area contributed by atoms with Crippen LogP contribution >= 0.6 is 11.8 Å². The van der Waals surface area contributed by atoms with Gasteiger partial charge < -0.3 is 15.7 Å². The van der Waals surface area contributed by atoms with Crippen LogP contribution < -0.4 is 10.6 Å². The summed E-state index contributed by atoms with van der Waals surface area (Å²) in [6.45, 7) is 0.608.